The monoisotopic (exact) mass is 384 g/mol. The van der Waals surface area contributed by atoms with Crippen LogP contribution in [0.1, 0.15) is 40.4 Å². The van der Waals surface area contributed by atoms with Crippen LogP contribution in [0.3, 0.4) is 0 Å². The Morgan fingerprint density at radius 2 is 2.04 bits per heavy atom. The largest absolute Gasteiger partial charge is 0.335 e. The summed E-state index contributed by atoms with van der Waals surface area (Å²) in [7, 11) is -1.89. The first kappa shape index (κ1) is 19.3. The summed E-state index contributed by atoms with van der Waals surface area (Å²) in [6, 6.07) is 14.4. The third-order valence-electron chi connectivity index (χ3n) is 4.93. The van der Waals surface area contributed by atoms with Gasteiger partial charge in [-0.1, -0.05) is 36.4 Å². The second kappa shape index (κ2) is 8.06. The standard InChI is InChI=1S/C21H24N2O3S/c1-3-14-22-27(25,26)18-11-6-10-17(15-18)21(24)23(2)20-13-7-9-16-8-4-5-12-19(16)20/h3-6,8,10-12,15,20,22H,1,7,9,13-14H2,2H3. The molecule has 0 radical (unpaired) electrons. The molecule has 1 N–H and O–H groups in total. The van der Waals surface area contributed by atoms with Gasteiger partial charge in [-0.15, -0.1) is 6.58 Å². The van der Waals surface area contributed by atoms with Crippen LogP contribution in [0.2, 0.25) is 0 Å². The number of amides is 1. The number of aryl methyl sites for hydroxylation is 1. The summed E-state index contributed by atoms with van der Waals surface area (Å²) in [5.74, 6) is -0.183. The minimum atomic E-state index is -3.67. The molecular weight excluding hydrogens is 360 g/mol. The van der Waals surface area contributed by atoms with E-state index in [9.17, 15) is 13.2 Å². The molecule has 0 aliphatic heterocycles. The quantitative estimate of drug-likeness (QED) is 0.777. The SMILES string of the molecule is C=CCNS(=O)(=O)c1cccc(C(=O)N(C)C2CCCc3ccccc32)c1. The molecular formula is C21H24N2O3S. The molecule has 5 nitrogen and oxygen atoms in total. The Morgan fingerprint density at radius 3 is 2.81 bits per heavy atom. The minimum absolute atomic E-state index is 0.00149. The van der Waals surface area contributed by atoms with Crippen molar-refractivity contribution in [3.8, 4) is 0 Å². The summed E-state index contributed by atoms with van der Waals surface area (Å²) in [4.78, 5) is 14.8. The van der Waals surface area contributed by atoms with Crippen molar-refractivity contribution in [2.45, 2.75) is 30.2 Å². The van der Waals surface area contributed by atoms with Crippen LogP contribution in [-0.4, -0.2) is 32.8 Å². The zero-order valence-corrected chi connectivity index (χ0v) is 16.2. The van der Waals surface area contributed by atoms with Crippen molar-refractivity contribution < 1.29 is 13.2 Å². The highest BCUT2D eigenvalue weighted by Crippen LogP contribution is 2.34. The van der Waals surface area contributed by atoms with E-state index in [-0.39, 0.29) is 23.4 Å². The van der Waals surface area contributed by atoms with E-state index in [1.54, 1.807) is 24.1 Å². The lowest BCUT2D eigenvalue weighted by atomic mass is 9.87. The number of fused-ring (bicyclic) bond motifs is 1. The highest BCUT2D eigenvalue weighted by molar-refractivity contribution is 7.89. The maximum absolute atomic E-state index is 13.0. The van der Waals surface area contributed by atoms with Crippen molar-refractivity contribution in [2.24, 2.45) is 0 Å². The Hall–Kier alpha value is -2.44. The van der Waals surface area contributed by atoms with Crippen molar-refractivity contribution in [2.75, 3.05) is 13.6 Å². The van der Waals surface area contributed by atoms with Gasteiger partial charge >= 0.3 is 0 Å². The number of benzene rings is 2. The van der Waals surface area contributed by atoms with Gasteiger partial charge < -0.3 is 4.90 Å². The van der Waals surface area contributed by atoms with E-state index in [0.29, 0.717) is 5.56 Å². The molecule has 0 bridgehead atoms. The molecule has 1 atom stereocenters. The van der Waals surface area contributed by atoms with Gasteiger partial charge in [-0.05, 0) is 48.6 Å². The number of hydrogen-bond donors (Lipinski definition) is 1. The molecule has 1 unspecified atom stereocenters. The van der Waals surface area contributed by atoms with E-state index in [4.69, 9.17) is 0 Å². The fourth-order valence-corrected chi connectivity index (χ4v) is 4.57. The normalized spacial score (nSPS) is 16.4. The van der Waals surface area contributed by atoms with E-state index in [1.165, 1.54) is 29.3 Å². The topological polar surface area (TPSA) is 66.5 Å². The molecule has 1 amide bonds. The van der Waals surface area contributed by atoms with Gasteiger partial charge in [-0.25, -0.2) is 13.1 Å². The summed E-state index contributed by atoms with van der Waals surface area (Å²) >= 11 is 0. The number of rotatable bonds is 6. The molecule has 27 heavy (non-hydrogen) atoms. The highest BCUT2D eigenvalue weighted by Gasteiger charge is 2.27. The predicted molar refractivity (Wildman–Crippen MR) is 106 cm³/mol. The number of nitrogens with one attached hydrogen (secondary N) is 1. The molecule has 0 heterocycles. The van der Waals surface area contributed by atoms with Crippen molar-refractivity contribution >= 4 is 15.9 Å². The fourth-order valence-electron chi connectivity index (χ4n) is 3.52. The van der Waals surface area contributed by atoms with Crippen LogP contribution in [0.4, 0.5) is 0 Å². The van der Waals surface area contributed by atoms with E-state index >= 15 is 0 Å². The summed E-state index contributed by atoms with van der Waals surface area (Å²) in [5, 5.41) is 0. The molecule has 1 aliphatic carbocycles. The first-order chi connectivity index (χ1) is 12.9. The van der Waals surface area contributed by atoms with Crippen molar-refractivity contribution in [3.05, 3.63) is 77.9 Å². The average molecular weight is 385 g/mol. The lowest BCUT2D eigenvalue weighted by Gasteiger charge is -2.33. The van der Waals surface area contributed by atoms with Gasteiger partial charge in [0.1, 0.15) is 0 Å². The van der Waals surface area contributed by atoms with E-state index in [1.807, 2.05) is 12.1 Å². The maximum atomic E-state index is 13.0. The molecule has 6 heteroatoms. The Bertz CT molecular complexity index is 953. The average Bonchev–Trinajstić information content (AvgIpc) is 2.71. The van der Waals surface area contributed by atoms with Crippen molar-refractivity contribution in [3.63, 3.8) is 0 Å². The van der Waals surface area contributed by atoms with Gasteiger partial charge in [0, 0.05) is 19.2 Å². The first-order valence-electron chi connectivity index (χ1n) is 8.99. The molecule has 2 aromatic carbocycles. The van der Waals surface area contributed by atoms with Crippen LogP contribution >= 0.6 is 0 Å². The van der Waals surface area contributed by atoms with Gasteiger partial charge in [0.05, 0.1) is 10.9 Å². The molecule has 0 saturated heterocycles. The van der Waals surface area contributed by atoms with E-state index < -0.39 is 10.0 Å². The van der Waals surface area contributed by atoms with Gasteiger partial charge in [0.2, 0.25) is 10.0 Å². The number of carbonyl (C=O) groups excluding carboxylic acids is 1. The first-order valence-corrected chi connectivity index (χ1v) is 10.5. The molecule has 0 aromatic heterocycles. The molecule has 142 valence electrons. The Kier molecular flexibility index (Phi) is 5.77. The molecule has 1 aliphatic rings. The van der Waals surface area contributed by atoms with Gasteiger partial charge in [0.25, 0.3) is 5.91 Å². The third-order valence-corrected chi connectivity index (χ3v) is 6.36. The van der Waals surface area contributed by atoms with Crippen LogP contribution < -0.4 is 4.72 Å². The van der Waals surface area contributed by atoms with Crippen LogP contribution in [0.5, 0.6) is 0 Å². The van der Waals surface area contributed by atoms with Gasteiger partial charge in [0.15, 0.2) is 0 Å². The highest BCUT2D eigenvalue weighted by atomic mass is 32.2. The second-order valence-corrected chi connectivity index (χ2v) is 8.46. The van der Waals surface area contributed by atoms with Crippen molar-refractivity contribution in [1.29, 1.82) is 0 Å². The molecule has 2 aromatic rings. The summed E-state index contributed by atoms with van der Waals surface area (Å²) < 4.78 is 27.1. The predicted octanol–water partition coefficient (Wildman–Crippen LogP) is 3.30. The number of nitrogens with zero attached hydrogens (tertiary/aromatic N) is 1. The van der Waals surface area contributed by atoms with Crippen LogP contribution in [0, 0.1) is 0 Å². The fraction of sp³-hybridized carbons (Fsp3) is 0.286. The lowest BCUT2D eigenvalue weighted by Crippen LogP contribution is -2.33. The number of sulfonamides is 1. The zero-order chi connectivity index (χ0) is 19.4. The molecule has 3 rings (SSSR count). The molecule has 0 saturated carbocycles. The van der Waals surface area contributed by atoms with E-state index in [2.05, 4.69) is 23.4 Å². The lowest BCUT2D eigenvalue weighted by molar-refractivity contribution is 0.0715. The summed E-state index contributed by atoms with van der Waals surface area (Å²) in [5.41, 5.74) is 2.82. The van der Waals surface area contributed by atoms with Gasteiger partial charge in [-0.2, -0.15) is 0 Å². The maximum Gasteiger partial charge on any atom is 0.254 e. The Balaban J connectivity index is 1.86. The van der Waals surface area contributed by atoms with Crippen LogP contribution in [0.25, 0.3) is 0 Å². The van der Waals surface area contributed by atoms with Crippen LogP contribution in [0.15, 0.2) is 66.1 Å². The van der Waals surface area contributed by atoms with Crippen LogP contribution in [-0.2, 0) is 16.4 Å². The Morgan fingerprint density at radius 1 is 1.26 bits per heavy atom. The second-order valence-electron chi connectivity index (χ2n) is 6.69. The van der Waals surface area contributed by atoms with E-state index in [0.717, 1.165) is 19.3 Å². The third kappa shape index (κ3) is 4.12. The number of carbonyl (C=O) groups is 1. The minimum Gasteiger partial charge on any atom is -0.335 e. The zero-order valence-electron chi connectivity index (χ0n) is 15.4. The molecule has 0 spiro atoms. The smallest absolute Gasteiger partial charge is 0.254 e. The van der Waals surface area contributed by atoms with Gasteiger partial charge in [-0.3, -0.25) is 4.79 Å². The van der Waals surface area contributed by atoms with Crippen molar-refractivity contribution in [1.82, 2.24) is 9.62 Å². The Labute approximate surface area is 160 Å². The summed E-state index contributed by atoms with van der Waals surface area (Å²) in [6.45, 7) is 3.65. The number of hydrogen-bond acceptors (Lipinski definition) is 3. The summed E-state index contributed by atoms with van der Waals surface area (Å²) in [6.07, 6.45) is 4.43. The molecule has 0 fully saturated rings.